The predicted molar refractivity (Wildman–Crippen MR) is 146 cm³/mol. The SMILES string of the molecule is CCCCCCc1c(-c2ccncc2)ccc2c(CCCCCC)c(-c3ccncc3)ccc12. The molecule has 0 bridgehead atoms. The van der Waals surface area contributed by atoms with Gasteiger partial charge in [-0.3, -0.25) is 9.97 Å². The average Bonchev–Trinajstić information content (AvgIpc) is 2.90. The number of rotatable bonds is 12. The molecule has 34 heavy (non-hydrogen) atoms. The fraction of sp³-hybridized carbons (Fsp3) is 0.375. The molecular formula is C32H38N2. The van der Waals surface area contributed by atoms with Crippen molar-refractivity contribution in [1.82, 2.24) is 9.97 Å². The van der Waals surface area contributed by atoms with Crippen molar-refractivity contribution in [3.05, 3.63) is 84.4 Å². The van der Waals surface area contributed by atoms with Gasteiger partial charge in [-0.2, -0.15) is 0 Å². The third kappa shape index (κ3) is 5.73. The van der Waals surface area contributed by atoms with Gasteiger partial charge in [0, 0.05) is 24.8 Å². The first-order valence-electron chi connectivity index (χ1n) is 13.2. The van der Waals surface area contributed by atoms with Crippen LogP contribution in [0.3, 0.4) is 0 Å². The highest BCUT2D eigenvalue weighted by atomic mass is 14.6. The van der Waals surface area contributed by atoms with E-state index < -0.39 is 0 Å². The lowest BCUT2D eigenvalue weighted by molar-refractivity contribution is 0.667. The van der Waals surface area contributed by atoms with Gasteiger partial charge in [0.25, 0.3) is 0 Å². The van der Waals surface area contributed by atoms with Crippen LogP contribution in [0.1, 0.15) is 76.3 Å². The summed E-state index contributed by atoms with van der Waals surface area (Å²) in [5.74, 6) is 0. The number of unbranched alkanes of at least 4 members (excludes halogenated alkanes) is 6. The minimum Gasteiger partial charge on any atom is -0.265 e. The predicted octanol–water partition coefficient (Wildman–Crippen LogP) is 9.21. The van der Waals surface area contributed by atoms with Crippen molar-refractivity contribution in [1.29, 1.82) is 0 Å². The normalized spacial score (nSPS) is 11.2. The summed E-state index contributed by atoms with van der Waals surface area (Å²) in [4.78, 5) is 8.50. The molecule has 0 amide bonds. The average molecular weight is 451 g/mol. The summed E-state index contributed by atoms with van der Waals surface area (Å²) in [5, 5.41) is 2.85. The molecule has 0 N–H and O–H groups in total. The van der Waals surface area contributed by atoms with Crippen LogP contribution in [0.5, 0.6) is 0 Å². The molecule has 0 aliphatic heterocycles. The Morgan fingerprint density at radius 2 is 0.882 bits per heavy atom. The number of benzene rings is 2. The fourth-order valence-corrected chi connectivity index (χ4v) is 5.13. The Kier molecular flexibility index (Phi) is 8.84. The highest BCUT2D eigenvalue weighted by Gasteiger charge is 2.15. The zero-order valence-corrected chi connectivity index (χ0v) is 20.9. The van der Waals surface area contributed by atoms with Crippen LogP contribution in [0.25, 0.3) is 33.0 Å². The van der Waals surface area contributed by atoms with Crippen LogP contribution in [0.2, 0.25) is 0 Å². The molecule has 2 nitrogen and oxygen atoms in total. The van der Waals surface area contributed by atoms with Crippen LogP contribution in [-0.4, -0.2) is 9.97 Å². The maximum absolute atomic E-state index is 4.25. The van der Waals surface area contributed by atoms with Gasteiger partial charge >= 0.3 is 0 Å². The number of aromatic nitrogens is 2. The van der Waals surface area contributed by atoms with Crippen molar-refractivity contribution < 1.29 is 0 Å². The number of fused-ring (bicyclic) bond motifs is 1. The maximum Gasteiger partial charge on any atom is 0.0273 e. The van der Waals surface area contributed by atoms with E-state index in [0.29, 0.717) is 0 Å². The standard InChI is InChI=1S/C32H38N2/c1-3-5-7-9-11-29-27(25-17-21-33-22-18-25)13-16-32-30(12-10-8-6-4-2)28(14-15-31(29)32)26-19-23-34-24-20-26/h13-24H,3-12H2,1-2H3. The van der Waals surface area contributed by atoms with Crippen molar-refractivity contribution in [3.8, 4) is 22.3 Å². The summed E-state index contributed by atoms with van der Waals surface area (Å²) in [5.41, 5.74) is 8.25. The van der Waals surface area contributed by atoms with Crippen molar-refractivity contribution >= 4 is 10.8 Å². The first-order valence-corrected chi connectivity index (χ1v) is 13.2. The molecule has 0 fully saturated rings. The van der Waals surface area contributed by atoms with Crippen LogP contribution in [0.15, 0.2) is 73.3 Å². The minimum atomic E-state index is 1.12. The van der Waals surface area contributed by atoms with Gasteiger partial charge in [-0.05, 0) is 94.1 Å². The van der Waals surface area contributed by atoms with Crippen molar-refractivity contribution in [2.75, 3.05) is 0 Å². The van der Waals surface area contributed by atoms with E-state index in [2.05, 4.69) is 72.3 Å². The second-order valence-electron chi connectivity index (χ2n) is 9.37. The number of hydrogen-bond donors (Lipinski definition) is 0. The third-order valence-corrected chi connectivity index (χ3v) is 6.97. The Bertz CT molecular complexity index is 1070. The summed E-state index contributed by atoms with van der Waals surface area (Å²) in [6.07, 6.45) is 20.1. The largest absolute Gasteiger partial charge is 0.265 e. The van der Waals surface area contributed by atoms with Crippen LogP contribution < -0.4 is 0 Å². The van der Waals surface area contributed by atoms with Gasteiger partial charge in [0.05, 0.1) is 0 Å². The zero-order chi connectivity index (χ0) is 23.6. The van der Waals surface area contributed by atoms with E-state index in [1.165, 1.54) is 95.5 Å². The Morgan fingerprint density at radius 3 is 1.26 bits per heavy atom. The molecule has 0 aliphatic rings. The molecule has 4 aromatic rings. The molecule has 0 unspecified atom stereocenters. The van der Waals surface area contributed by atoms with Gasteiger partial charge in [0.1, 0.15) is 0 Å². The Balaban J connectivity index is 1.84. The molecule has 176 valence electrons. The molecule has 2 heteroatoms. The van der Waals surface area contributed by atoms with Gasteiger partial charge in [0.2, 0.25) is 0 Å². The van der Waals surface area contributed by atoms with Gasteiger partial charge in [-0.1, -0.05) is 76.6 Å². The summed E-state index contributed by atoms with van der Waals surface area (Å²) < 4.78 is 0. The van der Waals surface area contributed by atoms with Gasteiger partial charge in [0.15, 0.2) is 0 Å². The molecule has 0 saturated heterocycles. The van der Waals surface area contributed by atoms with E-state index in [1.807, 2.05) is 24.8 Å². The van der Waals surface area contributed by atoms with E-state index >= 15 is 0 Å². The Labute approximate surface area is 205 Å². The second kappa shape index (κ2) is 12.5. The molecule has 0 atom stereocenters. The molecule has 2 aromatic carbocycles. The molecule has 2 heterocycles. The van der Waals surface area contributed by atoms with Gasteiger partial charge in [-0.25, -0.2) is 0 Å². The molecule has 4 rings (SSSR count). The molecule has 0 radical (unpaired) electrons. The summed E-state index contributed by atoms with van der Waals surface area (Å²) in [7, 11) is 0. The van der Waals surface area contributed by atoms with E-state index in [0.717, 1.165) is 12.8 Å². The smallest absolute Gasteiger partial charge is 0.0273 e. The molecular weight excluding hydrogens is 412 g/mol. The minimum absolute atomic E-state index is 1.12. The highest BCUT2D eigenvalue weighted by molar-refractivity contribution is 5.97. The first-order chi connectivity index (χ1) is 16.8. The second-order valence-corrected chi connectivity index (χ2v) is 9.37. The number of hydrogen-bond acceptors (Lipinski definition) is 2. The molecule has 0 aliphatic carbocycles. The monoisotopic (exact) mass is 450 g/mol. The van der Waals surface area contributed by atoms with E-state index in [9.17, 15) is 0 Å². The first kappa shape index (κ1) is 24.1. The summed E-state index contributed by atoms with van der Waals surface area (Å²) in [6, 6.07) is 18.1. The van der Waals surface area contributed by atoms with Crippen LogP contribution in [0, 0.1) is 0 Å². The lowest BCUT2D eigenvalue weighted by Crippen LogP contribution is -1.98. The van der Waals surface area contributed by atoms with Crippen molar-refractivity contribution in [2.45, 2.75) is 78.1 Å². The number of nitrogens with zero attached hydrogens (tertiary/aromatic N) is 2. The van der Waals surface area contributed by atoms with Gasteiger partial charge in [-0.15, -0.1) is 0 Å². The van der Waals surface area contributed by atoms with Gasteiger partial charge < -0.3 is 0 Å². The zero-order valence-electron chi connectivity index (χ0n) is 20.9. The number of aryl methyl sites for hydroxylation is 2. The van der Waals surface area contributed by atoms with E-state index in [4.69, 9.17) is 0 Å². The quantitative estimate of drug-likeness (QED) is 0.201. The van der Waals surface area contributed by atoms with Crippen LogP contribution in [0.4, 0.5) is 0 Å². The lowest BCUT2D eigenvalue weighted by Gasteiger charge is -2.19. The lowest BCUT2D eigenvalue weighted by atomic mass is 9.85. The summed E-state index contributed by atoms with van der Waals surface area (Å²) in [6.45, 7) is 4.57. The van der Waals surface area contributed by atoms with E-state index in [-0.39, 0.29) is 0 Å². The van der Waals surface area contributed by atoms with E-state index in [1.54, 1.807) is 0 Å². The molecule has 2 aromatic heterocycles. The molecule has 0 spiro atoms. The Morgan fingerprint density at radius 1 is 0.471 bits per heavy atom. The number of pyridine rings is 2. The van der Waals surface area contributed by atoms with Crippen molar-refractivity contribution in [2.24, 2.45) is 0 Å². The van der Waals surface area contributed by atoms with Crippen LogP contribution in [-0.2, 0) is 12.8 Å². The fourth-order valence-electron chi connectivity index (χ4n) is 5.13. The van der Waals surface area contributed by atoms with Crippen LogP contribution >= 0.6 is 0 Å². The van der Waals surface area contributed by atoms with Crippen molar-refractivity contribution in [3.63, 3.8) is 0 Å². The molecule has 0 saturated carbocycles. The topological polar surface area (TPSA) is 25.8 Å². The Hall–Kier alpha value is -3.00. The third-order valence-electron chi connectivity index (χ3n) is 6.97. The summed E-state index contributed by atoms with van der Waals surface area (Å²) >= 11 is 0. The maximum atomic E-state index is 4.25. The highest BCUT2D eigenvalue weighted by Crippen LogP contribution is 2.37.